The average Bonchev–Trinajstić information content (AvgIpc) is 2.82. The van der Waals surface area contributed by atoms with E-state index in [-0.39, 0.29) is 11.8 Å². The quantitative estimate of drug-likeness (QED) is 0.814. The van der Waals surface area contributed by atoms with Gasteiger partial charge in [-0.3, -0.25) is 4.79 Å². The van der Waals surface area contributed by atoms with Gasteiger partial charge in [0.05, 0.1) is 11.6 Å². The molecule has 3 rings (SSSR count). The van der Waals surface area contributed by atoms with Crippen LogP contribution in [0, 0.1) is 0 Å². The van der Waals surface area contributed by atoms with Crippen LogP contribution in [0.2, 0.25) is 0 Å². The van der Waals surface area contributed by atoms with Gasteiger partial charge in [-0.2, -0.15) is 0 Å². The topological polar surface area (TPSA) is 45.5 Å². The first-order valence-electron chi connectivity index (χ1n) is 6.18. The molecule has 1 aliphatic rings. The van der Waals surface area contributed by atoms with E-state index in [0.29, 0.717) is 5.56 Å². The van der Waals surface area contributed by atoms with Crippen molar-refractivity contribution < 1.29 is 9.21 Å². The first-order chi connectivity index (χ1) is 8.75. The summed E-state index contributed by atoms with van der Waals surface area (Å²) in [5.41, 5.74) is 1.45. The molecule has 0 bridgehead atoms. The SMILES string of the molecule is CN1CCNC(C(=O)c2coc3ccccc23)C1. The Bertz CT molecular complexity index is 576. The number of hydrogen-bond donors (Lipinski definition) is 1. The number of carbonyl (C=O) groups is 1. The fourth-order valence-electron chi connectivity index (χ4n) is 2.43. The highest BCUT2D eigenvalue weighted by Gasteiger charge is 2.26. The Balaban J connectivity index is 1.92. The van der Waals surface area contributed by atoms with Crippen LogP contribution >= 0.6 is 0 Å². The molecule has 2 aromatic rings. The van der Waals surface area contributed by atoms with Gasteiger partial charge >= 0.3 is 0 Å². The van der Waals surface area contributed by atoms with E-state index in [0.717, 1.165) is 30.6 Å². The third-order valence-electron chi connectivity index (χ3n) is 3.44. The number of ketones is 1. The Morgan fingerprint density at radius 3 is 3.11 bits per heavy atom. The summed E-state index contributed by atoms with van der Waals surface area (Å²) in [7, 11) is 2.04. The van der Waals surface area contributed by atoms with Crippen LogP contribution in [0.3, 0.4) is 0 Å². The molecule has 0 saturated carbocycles. The van der Waals surface area contributed by atoms with Crippen LogP contribution in [0.1, 0.15) is 10.4 Å². The number of carbonyl (C=O) groups excluding carboxylic acids is 1. The maximum absolute atomic E-state index is 12.5. The lowest BCUT2D eigenvalue weighted by Gasteiger charge is -2.29. The van der Waals surface area contributed by atoms with Gasteiger partial charge in [-0.25, -0.2) is 0 Å². The van der Waals surface area contributed by atoms with E-state index in [9.17, 15) is 4.79 Å². The Morgan fingerprint density at radius 1 is 1.44 bits per heavy atom. The molecule has 4 heteroatoms. The van der Waals surface area contributed by atoms with Gasteiger partial charge in [0.25, 0.3) is 0 Å². The van der Waals surface area contributed by atoms with Crippen LogP contribution in [0.15, 0.2) is 34.9 Å². The van der Waals surface area contributed by atoms with Crippen molar-refractivity contribution in [2.45, 2.75) is 6.04 Å². The largest absolute Gasteiger partial charge is 0.464 e. The number of furan rings is 1. The Morgan fingerprint density at radius 2 is 2.28 bits per heavy atom. The standard InChI is InChI=1S/C14H16N2O2/c1-16-7-6-15-12(8-16)14(17)11-9-18-13-5-3-2-4-10(11)13/h2-5,9,12,15H,6-8H2,1H3. The van der Waals surface area contributed by atoms with E-state index in [1.165, 1.54) is 0 Å². The van der Waals surface area contributed by atoms with Crippen LogP contribution < -0.4 is 5.32 Å². The van der Waals surface area contributed by atoms with Gasteiger partial charge in [-0.15, -0.1) is 0 Å². The maximum Gasteiger partial charge on any atom is 0.184 e. The molecule has 4 nitrogen and oxygen atoms in total. The van der Waals surface area contributed by atoms with Crippen molar-refractivity contribution in [2.75, 3.05) is 26.7 Å². The van der Waals surface area contributed by atoms with E-state index in [2.05, 4.69) is 10.2 Å². The summed E-state index contributed by atoms with van der Waals surface area (Å²) < 4.78 is 5.43. The van der Waals surface area contributed by atoms with E-state index < -0.39 is 0 Å². The molecule has 1 aliphatic heterocycles. The van der Waals surface area contributed by atoms with E-state index in [4.69, 9.17) is 4.42 Å². The number of fused-ring (bicyclic) bond motifs is 1. The van der Waals surface area contributed by atoms with Gasteiger partial charge in [0.1, 0.15) is 11.8 Å². The van der Waals surface area contributed by atoms with Gasteiger partial charge < -0.3 is 14.6 Å². The molecule has 0 amide bonds. The minimum atomic E-state index is -0.134. The number of likely N-dealkylation sites (N-methyl/N-ethyl adjacent to an activating group) is 1. The monoisotopic (exact) mass is 244 g/mol. The molecule has 0 aliphatic carbocycles. The molecular weight excluding hydrogens is 228 g/mol. The number of nitrogens with one attached hydrogen (secondary N) is 1. The molecule has 1 atom stereocenters. The summed E-state index contributed by atoms with van der Waals surface area (Å²) in [6, 6.07) is 7.51. The second-order valence-corrected chi connectivity index (χ2v) is 4.78. The number of Topliss-reactive ketones (excluding diaryl/α,β-unsaturated/α-hetero) is 1. The van der Waals surface area contributed by atoms with Gasteiger partial charge in [-0.05, 0) is 13.1 Å². The van der Waals surface area contributed by atoms with Crippen molar-refractivity contribution in [2.24, 2.45) is 0 Å². The summed E-state index contributed by atoms with van der Waals surface area (Å²) in [5, 5.41) is 4.17. The van der Waals surface area contributed by atoms with Crippen LogP contribution in [0.4, 0.5) is 0 Å². The van der Waals surface area contributed by atoms with Crippen molar-refractivity contribution in [1.82, 2.24) is 10.2 Å². The highest BCUT2D eigenvalue weighted by atomic mass is 16.3. The van der Waals surface area contributed by atoms with Gasteiger partial charge in [0, 0.05) is 25.0 Å². The lowest BCUT2D eigenvalue weighted by Crippen LogP contribution is -2.52. The molecule has 1 aromatic carbocycles. The first-order valence-corrected chi connectivity index (χ1v) is 6.18. The molecule has 1 N–H and O–H groups in total. The third-order valence-corrected chi connectivity index (χ3v) is 3.44. The maximum atomic E-state index is 12.5. The highest BCUT2D eigenvalue weighted by Crippen LogP contribution is 2.22. The summed E-state index contributed by atoms with van der Waals surface area (Å²) in [4.78, 5) is 14.6. The smallest absolute Gasteiger partial charge is 0.184 e. The van der Waals surface area contributed by atoms with Crippen molar-refractivity contribution in [3.05, 3.63) is 36.1 Å². The fraction of sp³-hybridized carbons (Fsp3) is 0.357. The zero-order valence-electron chi connectivity index (χ0n) is 10.3. The number of nitrogens with zero attached hydrogens (tertiary/aromatic N) is 1. The van der Waals surface area contributed by atoms with E-state index in [1.807, 2.05) is 31.3 Å². The molecule has 1 aromatic heterocycles. The number of para-hydroxylation sites is 1. The van der Waals surface area contributed by atoms with Crippen molar-refractivity contribution in [3.8, 4) is 0 Å². The zero-order chi connectivity index (χ0) is 12.5. The third kappa shape index (κ3) is 1.94. The number of piperazine rings is 1. The Kier molecular flexibility index (Phi) is 2.89. The molecule has 18 heavy (non-hydrogen) atoms. The number of benzene rings is 1. The summed E-state index contributed by atoms with van der Waals surface area (Å²) in [6.07, 6.45) is 1.57. The van der Waals surface area contributed by atoms with Crippen LogP contribution in [-0.2, 0) is 0 Å². The van der Waals surface area contributed by atoms with Gasteiger partial charge in [-0.1, -0.05) is 18.2 Å². The van der Waals surface area contributed by atoms with Crippen molar-refractivity contribution >= 4 is 16.8 Å². The van der Waals surface area contributed by atoms with Gasteiger partial charge in [0.2, 0.25) is 0 Å². The van der Waals surface area contributed by atoms with Crippen molar-refractivity contribution in [3.63, 3.8) is 0 Å². The predicted octanol–water partition coefficient (Wildman–Crippen LogP) is 1.52. The molecule has 1 fully saturated rings. The molecule has 1 saturated heterocycles. The average molecular weight is 244 g/mol. The summed E-state index contributed by atoms with van der Waals surface area (Å²) in [5.74, 6) is 0.117. The number of rotatable bonds is 2. The second kappa shape index (κ2) is 4.55. The highest BCUT2D eigenvalue weighted by molar-refractivity contribution is 6.09. The molecule has 1 unspecified atom stereocenters. The number of hydrogen-bond acceptors (Lipinski definition) is 4. The Hall–Kier alpha value is -1.65. The molecule has 2 heterocycles. The van der Waals surface area contributed by atoms with E-state index in [1.54, 1.807) is 6.26 Å². The minimum absolute atomic E-state index is 0.117. The molecule has 94 valence electrons. The second-order valence-electron chi connectivity index (χ2n) is 4.78. The first kappa shape index (κ1) is 11.4. The molecule has 0 radical (unpaired) electrons. The van der Waals surface area contributed by atoms with Gasteiger partial charge in [0.15, 0.2) is 5.78 Å². The van der Waals surface area contributed by atoms with Crippen molar-refractivity contribution in [1.29, 1.82) is 0 Å². The Labute approximate surface area is 106 Å². The van der Waals surface area contributed by atoms with Crippen LogP contribution in [0.25, 0.3) is 11.0 Å². The normalized spacial score (nSPS) is 21.3. The van der Waals surface area contributed by atoms with E-state index >= 15 is 0 Å². The molecular formula is C14H16N2O2. The summed E-state index contributed by atoms with van der Waals surface area (Å²) in [6.45, 7) is 2.58. The minimum Gasteiger partial charge on any atom is -0.464 e. The zero-order valence-corrected chi connectivity index (χ0v) is 10.3. The fourth-order valence-corrected chi connectivity index (χ4v) is 2.43. The predicted molar refractivity (Wildman–Crippen MR) is 69.8 cm³/mol. The molecule has 0 spiro atoms. The van der Waals surface area contributed by atoms with Crippen LogP contribution in [-0.4, -0.2) is 43.4 Å². The lowest BCUT2D eigenvalue weighted by molar-refractivity contribution is 0.0895. The van der Waals surface area contributed by atoms with Crippen LogP contribution in [0.5, 0.6) is 0 Å². The summed E-state index contributed by atoms with van der Waals surface area (Å²) >= 11 is 0. The lowest BCUT2D eigenvalue weighted by atomic mass is 10.0.